The number of hydrogen-bond acceptors (Lipinski definition) is 3. The van der Waals surface area contributed by atoms with Gasteiger partial charge in [-0.15, -0.1) is 0 Å². The highest BCUT2D eigenvalue weighted by Crippen LogP contribution is 2.14. The Hall–Kier alpha value is -1.81. The molecule has 0 aliphatic carbocycles. The van der Waals surface area contributed by atoms with Gasteiger partial charge in [-0.3, -0.25) is 4.79 Å². The Bertz CT molecular complexity index is 555. The molecule has 1 amide bonds. The molecule has 2 aromatic rings. The molecule has 3 nitrogen and oxygen atoms in total. The third-order valence-corrected chi connectivity index (χ3v) is 3.67. The van der Waals surface area contributed by atoms with Crippen molar-refractivity contribution < 1.29 is 4.79 Å². The molecule has 0 aliphatic rings. The average Bonchev–Trinajstić information content (AvgIpc) is 2.70. The van der Waals surface area contributed by atoms with E-state index >= 15 is 0 Å². The van der Waals surface area contributed by atoms with E-state index < -0.39 is 0 Å². The highest BCUT2D eigenvalue weighted by Gasteiger charge is 2.07. The van der Waals surface area contributed by atoms with Crippen LogP contribution in [0.1, 0.15) is 27.0 Å². The number of nitrogens with one attached hydrogen (secondary N) is 1. The van der Waals surface area contributed by atoms with Gasteiger partial charge in [0.15, 0.2) is 0 Å². The third kappa shape index (κ3) is 2.90. The SMILES string of the molecule is Cc1cc(N)cc(C(=O)NCc2cscc2C)c1. The maximum Gasteiger partial charge on any atom is 0.251 e. The number of nitrogens with two attached hydrogens (primary N) is 1. The number of carbonyl (C=O) groups excluding carboxylic acids is 1. The van der Waals surface area contributed by atoms with Crippen LogP contribution in [0, 0.1) is 13.8 Å². The first-order chi connectivity index (χ1) is 8.56. The van der Waals surface area contributed by atoms with Gasteiger partial charge in [0.05, 0.1) is 0 Å². The Kier molecular flexibility index (Phi) is 3.67. The maximum absolute atomic E-state index is 12.0. The number of hydrogen-bond donors (Lipinski definition) is 2. The van der Waals surface area contributed by atoms with E-state index in [2.05, 4.69) is 16.1 Å². The van der Waals surface area contributed by atoms with Crippen molar-refractivity contribution in [1.82, 2.24) is 5.32 Å². The molecular formula is C14H16N2OS. The van der Waals surface area contributed by atoms with Crippen LogP contribution in [0.2, 0.25) is 0 Å². The Labute approximate surface area is 111 Å². The second kappa shape index (κ2) is 5.23. The van der Waals surface area contributed by atoms with Gasteiger partial charge in [-0.05, 0) is 59.5 Å². The molecule has 18 heavy (non-hydrogen) atoms. The zero-order chi connectivity index (χ0) is 13.1. The second-order valence-electron chi connectivity index (χ2n) is 4.40. The molecule has 1 heterocycles. The van der Waals surface area contributed by atoms with E-state index in [9.17, 15) is 4.79 Å². The smallest absolute Gasteiger partial charge is 0.251 e. The molecule has 0 saturated carbocycles. The largest absolute Gasteiger partial charge is 0.399 e. The standard InChI is InChI=1S/C14H16N2OS/c1-9-3-11(5-13(15)4-9)14(17)16-6-12-8-18-7-10(12)2/h3-5,7-8H,6,15H2,1-2H3,(H,16,17). The van der Waals surface area contributed by atoms with Crippen LogP contribution in [0.25, 0.3) is 0 Å². The molecule has 1 aromatic heterocycles. The summed E-state index contributed by atoms with van der Waals surface area (Å²) in [4.78, 5) is 12.0. The van der Waals surface area contributed by atoms with Gasteiger partial charge < -0.3 is 11.1 Å². The number of anilines is 1. The monoisotopic (exact) mass is 260 g/mol. The van der Waals surface area contributed by atoms with E-state index in [0.29, 0.717) is 17.8 Å². The minimum absolute atomic E-state index is 0.0870. The second-order valence-corrected chi connectivity index (χ2v) is 5.14. The van der Waals surface area contributed by atoms with Gasteiger partial charge in [-0.25, -0.2) is 0 Å². The summed E-state index contributed by atoms with van der Waals surface area (Å²) in [6.07, 6.45) is 0. The lowest BCUT2D eigenvalue weighted by Crippen LogP contribution is -2.23. The molecule has 0 unspecified atom stereocenters. The van der Waals surface area contributed by atoms with E-state index in [1.54, 1.807) is 17.4 Å². The van der Waals surface area contributed by atoms with Crippen LogP contribution < -0.4 is 11.1 Å². The van der Waals surface area contributed by atoms with Crippen LogP contribution in [-0.2, 0) is 6.54 Å². The lowest BCUT2D eigenvalue weighted by atomic mass is 10.1. The summed E-state index contributed by atoms with van der Waals surface area (Å²) < 4.78 is 0. The number of carbonyl (C=O) groups is 1. The van der Waals surface area contributed by atoms with Crippen molar-refractivity contribution in [2.45, 2.75) is 20.4 Å². The summed E-state index contributed by atoms with van der Waals surface area (Å²) in [6.45, 7) is 4.53. The molecule has 3 N–H and O–H groups in total. The summed E-state index contributed by atoms with van der Waals surface area (Å²) in [5.41, 5.74) is 10.3. The molecular weight excluding hydrogens is 244 g/mol. The summed E-state index contributed by atoms with van der Waals surface area (Å²) in [5.74, 6) is -0.0870. The molecule has 1 aromatic carbocycles. The van der Waals surface area contributed by atoms with Crippen LogP contribution in [0.15, 0.2) is 29.0 Å². The minimum Gasteiger partial charge on any atom is -0.399 e. The fourth-order valence-electron chi connectivity index (χ4n) is 1.79. The summed E-state index contributed by atoms with van der Waals surface area (Å²) in [7, 11) is 0. The van der Waals surface area contributed by atoms with Gasteiger partial charge in [0, 0.05) is 17.8 Å². The molecule has 0 atom stereocenters. The first-order valence-corrected chi connectivity index (χ1v) is 6.67. The molecule has 4 heteroatoms. The zero-order valence-electron chi connectivity index (χ0n) is 10.5. The van der Waals surface area contributed by atoms with Crippen LogP contribution in [-0.4, -0.2) is 5.91 Å². The Morgan fingerprint density at radius 2 is 2.06 bits per heavy atom. The molecule has 0 bridgehead atoms. The number of thiophene rings is 1. The summed E-state index contributed by atoms with van der Waals surface area (Å²) >= 11 is 1.65. The van der Waals surface area contributed by atoms with E-state index in [4.69, 9.17) is 5.73 Å². The van der Waals surface area contributed by atoms with Gasteiger partial charge in [0.2, 0.25) is 0 Å². The minimum atomic E-state index is -0.0870. The van der Waals surface area contributed by atoms with Crippen molar-refractivity contribution in [3.63, 3.8) is 0 Å². The molecule has 0 saturated heterocycles. The van der Waals surface area contributed by atoms with Crippen LogP contribution >= 0.6 is 11.3 Å². The predicted molar refractivity (Wildman–Crippen MR) is 75.8 cm³/mol. The van der Waals surface area contributed by atoms with Crippen molar-refractivity contribution in [2.75, 3.05) is 5.73 Å². The lowest BCUT2D eigenvalue weighted by molar-refractivity contribution is 0.0951. The first-order valence-electron chi connectivity index (χ1n) is 5.73. The van der Waals surface area contributed by atoms with E-state index in [1.807, 2.05) is 26.0 Å². The van der Waals surface area contributed by atoms with Crippen LogP contribution in [0.4, 0.5) is 5.69 Å². The molecule has 0 radical (unpaired) electrons. The molecule has 0 aliphatic heterocycles. The number of aryl methyl sites for hydroxylation is 2. The van der Waals surface area contributed by atoms with Crippen molar-refractivity contribution in [1.29, 1.82) is 0 Å². The third-order valence-electron chi connectivity index (χ3n) is 2.76. The number of benzene rings is 1. The van der Waals surface area contributed by atoms with Crippen molar-refractivity contribution in [2.24, 2.45) is 0 Å². The number of rotatable bonds is 3. The van der Waals surface area contributed by atoms with E-state index in [-0.39, 0.29) is 5.91 Å². The predicted octanol–water partition coefficient (Wildman–Crippen LogP) is 2.88. The number of amides is 1. The highest BCUT2D eigenvalue weighted by atomic mass is 32.1. The average molecular weight is 260 g/mol. The van der Waals surface area contributed by atoms with Crippen molar-refractivity contribution >= 4 is 22.9 Å². The quantitative estimate of drug-likeness (QED) is 0.834. The maximum atomic E-state index is 12.0. The van der Waals surface area contributed by atoms with Crippen molar-refractivity contribution in [3.05, 3.63) is 51.2 Å². The van der Waals surface area contributed by atoms with Gasteiger partial charge in [0.1, 0.15) is 0 Å². The Morgan fingerprint density at radius 1 is 1.28 bits per heavy atom. The van der Waals surface area contributed by atoms with Gasteiger partial charge >= 0.3 is 0 Å². The fraction of sp³-hybridized carbons (Fsp3) is 0.214. The molecule has 2 rings (SSSR count). The molecule has 94 valence electrons. The Balaban J connectivity index is 2.06. The summed E-state index contributed by atoms with van der Waals surface area (Å²) in [5, 5.41) is 7.04. The van der Waals surface area contributed by atoms with Crippen molar-refractivity contribution in [3.8, 4) is 0 Å². The molecule has 0 fully saturated rings. The van der Waals surface area contributed by atoms with Crippen LogP contribution in [0.5, 0.6) is 0 Å². The van der Waals surface area contributed by atoms with Gasteiger partial charge in [-0.2, -0.15) is 11.3 Å². The molecule has 0 spiro atoms. The van der Waals surface area contributed by atoms with Crippen LogP contribution in [0.3, 0.4) is 0 Å². The lowest BCUT2D eigenvalue weighted by Gasteiger charge is -2.07. The number of nitrogen functional groups attached to an aromatic ring is 1. The zero-order valence-corrected chi connectivity index (χ0v) is 11.3. The summed E-state index contributed by atoms with van der Waals surface area (Å²) in [6, 6.07) is 5.38. The normalized spacial score (nSPS) is 10.3. The Morgan fingerprint density at radius 3 is 2.67 bits per heavy atom. The fourth-order valence-corrected chi connectivity index (χ4v) is 2.65. The topological polar surface area (TPSA) is 55.1 Å². The van der Waals surface area contributed by atoms with E-state index in [0.717, 1.165) is 11.1 Å². The van der Waals surface area contributed by atoms with E-state index in [1.165, 1.54) is 5.56 Å². The van der Waals surface area contributed by atoms with Gasteiger partial charge in [0.25, 0.3) is 5.91 Å². The first kappa shape index (κ1) is 12.6. The van der Waals surface area contributed by atoms with Gasteiger partial charge in [-0.1, -0.05) is 0 Å². The highest BCUT2D eigenvalue weighted by molar-refractivity contribution is 7.08.